The van der Waals surface area contributed by atoms with E-state index in [1.807, 2.05) is 41.5 Å². The lowest BCUT2D eigenvalue weighted by atomic mass is 10.0. The average molecular weight is 1880 g/mol. The van der Waals surface area contributed by atoms with Gasteiger partial charge in [-0.15, -0.1) is 0 Å². The summed E-state index contributed by atoms with van der Waals surface area (Å²) in [7, 11) is 0. The molecule has 0 aromatic rings. The average Bonchev–Trinajstić information content (AvgIpc) is 0.966. The molecule has 0 unspecified atom stereocenters. The van der Waals surface area contributed by atoms with E-state index in [-0.39, 0.29) is 92.0 Å². The van der Waals surface area contributed by atoms with Crippen LogP contribution in [0.1, 0.15) is 573 Å². The predicted molar refractivity (Wildman–Crippen MR) is 581 cm³/mol. The maximum absolute atomic E-state index is 11.9. The molecule has 0 fully saturated rings. The van der Waals surface area contributed by atoms with Gasteiger partial charge in [-0.25, -0.2) is 4.79 Å². The van der Waals surface area contributed by atoms with E-state index in [0.29, 0.717) is 50.2 Å². The van der Waals surface area contributed by atoms with Crippen LogP contribution in [-0.4, -0.2) is 113 Å². The highest BCUT2D eigenvalue weighted by molar-refractivity contribution is 5.77. The quantitative estimate of drug-likeness (QED) is 0.0206. The van der Waals surface area contributed by atoms with Gasteiger partial charge in [0.05, 0.1) is 57.2 Å². The van der Waals surface area contributed by atoms with E-state index in [4.69, 9.17) is 4.74 Å². The molecule has 0 radical (unpaired) electrons. The molecule has 0 rings (SSSR count). The molecule has 0 saturated heterocycles. The zero-order chi connectivity index (χ0) is 99.4. The summed E-state index contributed by atoms with van der Waals surface area (Å²) in [6, 6.07) is -0.182. The summed E-state index contributed by atoms with van der Waals surface area (Å²) in [5, 5.41) is 51.6. The third-order valence-electron chi connectivity index (χ3n) is 25.5. The van der Waals surface area contributed by atoms with Crippen LogP contribution in [0.15, 0.2) is 60.8 Å². The fourth-order valence-corrected chi connectivity index (χ4v) is 16.1. The molecule has 15 nitrogen and oxygen atoms in total. The number of hydrogen-bond acceptors (Lipinski definition) is 10. The molecule has 0 aromatic heterocycles. The molecular weight excluding hydrogens is 1650 g/mol. The SMILES string of the molecule is CCCCC/C=C\C/C=C\CCCCCCCC(=O)N[C@H](CO)C(C)C.CCCCCCCC/C=C\CCCCCCCC(=O)N[C@@H](CO)CC(C)C.CCCCCCCC/C=C\CCCCCCCC(=O)N[C@H](CO)C(C)C.CCCCCCCC/C=C\CCCCCCCCOC(=O)N[C@H](CO)C(C)C.CCCCCCCCCCCCCCCCCC(=O)N[C@@H](CC)C(C)C. The molecule has 0 aromatic carbocycles. The molecule has 15 heteroatoms. The van der Waals surface area contributed by atoms with Crippen LogP contribution in [0.2, 0.25) is 0 Å². The molecule has 0 saturated carbocycles. The Labute approximate surface area is 827 Å². The van der Waals surface area contributed by atoms with Crippen molar-refractivity contribution in [3.8, 4) is 0 Å². The number of carbonyl (C=O) groups excluding carboxylic acids is 5. The second-order valence-corrected chi connectivity index (χ2v) is 40.7. The Kier molecular flexibility index (Phi) is 118. The van der Waals surface area contributed by atoms with E-state index in [0.717, 1.165) is 83.5 Å². The van der Waals surface area contributed by atoms with E-state index in [1.165, 1.54) is 353 Å². The minimum atomic E-state index is -0.416. The zero-order valence-electron chi connectivity index (χ0n) is 91.2. The monoisotopic (exact) mass is 1880 g/mol. The number of unbranched alkanes of at least 4 members (excludes halogenated alkanes) is 56. The molecule has 0 bridgehead atoms. The molecule has 5 amide bonds. The molecule has 788 valence electrons. The molecule has 0 spiro atoms. The number of carbonyl (C=O) groups is 5. The Morgan fingerprint density at radius 1 is 0.233 bits per heavy atom. The molecule has 133 heavy (non-hydrogen) atoms. The second-order valence-electron chi connectivity index (χ2n) is 40.7. The number of ether oxygens (including phenoxy) is 1. The predicted octanol–water partition coefficient (Wildman–Crippen LogP) is 33.2. The van der Waals surface area contributed by atoms with Crippen LogP contribution in [-0.2, 0) is 23.9 Å². The Balaban J connectivity index is -0.000000513. The van der Waals surface area contributed by atoms with Crippen molar-refractivity contribution in [1.82, 2.24) is 26.6 Å². The summed E-state index contributed by atoms with van der Waals surface area (Å²) in [5.41, 5.74) is 0. The first-order chi connectivity index (χ1) is 64.5. The van der Waals surface area contributed by atoms with E-state index in [9.17, 15) is 44.4 Å². The zero-order valence-corrected chi connectivity index (χ0v) is 91.2. The van der Waals surface area contributed by atoms with Crippen LogP contribution in [0.4, 0.5) is 4.79 Å². The number of alkyl carbamates (subject to hydrolysis) is 1. The van der Waals surface area contributed by atoms with Gasteiger partial charge >= 0.3 is 6.09 Å². The Bertz CT molecular complexity index is 2520. The standard InChI is InChI=1S/C24H47NO3.C24H47NO2.C24H49NO.C23H45NO2.C23H43NO2/c1-4-5-6-7-8-9-10-11-12-13-14-15-16-17-18-19-20-28-24(27)25-23(21-26)22(2)3;1-4-5-6-7-8-9-10-11-12-13-14-15-16-17-18-19-24(27)25-23(21-26)20-22(2)3;1-5-7-8-9-10-11-12-13-14-15-16-17-18-19-20-21-24(26)25-23(6-2)22(3)4;2*1-4-5-6-7-8-9-10-11-12-13-14-15-16-17-18-19-23(26)24-22(20-25)21(2)3/h11-12,22-23,26H,4-10,13-21H2,1-3H3,(H,25,27);11-12,22-23,26H,4-10,13-21H2,1-3H3,(H,25,27);22-23H,5-21H2,1-4H3,(H,25,26);11-12,21-22,25H,4-10,13-20H2,1-3H3,(H,24,26);8-9,11-12,21-22,25H,4-7,10,13-20H2,1-3H3,(H,24,26)/b2*12-11-;;12-11-;9-8-,12-11-/t3*23-;2*22-/m11011/s1. The highest BCUT2D eigenvalue weighted by atomic mass is 16.5. The Morgan fingerprint density at radius 2 is 0.436 bits per heavy atom. The van der Waals surface area contributed by atoms with E-state index >= 15 is 0 Å². The van der Waals surface area contributed by atoms with E-state index in [1.54, 1.807) is 0 Å². The number of allylic oxidation sites excluding steroid dienone is 10. The van der Waals surface area contributed by atoms with Gasteiger partial charge in [0.15, 0.2) is 0 Å². The third kappa shape index (κ3) is 115. The summed E-state index contributed by atoms with van der Waals surface area (Å²) in [6.45, 7) is 34.5. The maximum Gasteiger partial charge on any atom is 0.407 e. The maximum atomic E-state index is 11.9. The fourth-order valence-electron chi connectivity index (χ4n) is 16.1. The lowest BCUT2D eigenvalue weighted by molar-refractivity contribution is -0.123. The van der Waals surface area contributed by atoms with E-state index < -0.39 is 6.09 Å². The van der Waals surface area contributed by atoms with Gasteiger partial charge in [-0.05, 0) is 184 Å². The van der Waals surface area contributed by atoms with Crippen molar-refractivity contribution < 1.29 is 49.1 Å². The normalized spacial score (nSPS) is 12.8. The van der Waals surface area contributed by atoms with Crippen LogP contribution < -0.4 is 26.6 Å². The number of rotatable bonds is 92. The van der Waals surface area contributed by atoms with Gasteiger partial charge in [0.2, 0.25) is 23.6 Å². The molecule has 0 aliphatic carbocycles. The van der Waals surface area contributed by atoms with Gasteiger partial charge < -0.3 is 51.7 Å². The lowest BCUT2D eigenvalue weighted by Crippen LogP contribution is -2.41. The van der Waals surface area contributed by atoms with Crippen LogP contribution >= 0.6 is 0 Å². The third-order valence-corrected chi connectivity index (χ3v) is 25.5. The highest BCUT2D eigenvalue weighted by Gasteiger charge is 2.19. The Morgan fingerprint density at radius 3 is 0.669 bits per heavy atom. The van der Waals surface area contributed by atoms with Crippen molar-refractivity contribution in [3.05, 3.63) is 60.8 Å². The van der Waals surface area contributed by atoms with Crippen LogP contribution in [0.3, 0.4) is 0 Å². The fraction of sp³-hybridized carbons (Fsp3) is 0.873. The smallest absolute Gasteiger partial charge is 0.407 e. The molecule has 0 aliphatic heterocycles. The van der Waals surface area contributed by atoms with Crippen molar-refractivity contribution in [1.29, 1.82) is 0 Å². The first kappa shape index (κ1) is 137. The van der Waals surface area contributed by atoms with Crippen molar-refractivity contribution in [2.45, 2.75) is 603 Å². The first-order valence-corrected chi connectivity index (χ1v) is 57.3. The van der Waals surface area contributed by atoms with Crippen molar-refractivity contribution >= 4 is 29.7 Å². The Hall–Kier alpha value is -4.31. The van der Waals surface area contributed by atoms with Gasteiger partial charge in [-0.3, -0.25) is 19.2 Å². The van der Waals surface area contributed by atoms with Crippen molar-refractivity contribution in [3.63, 3.8) is 0 Å². The molecule has 0 aliphatic rings. The number of amides is 5. The number of hydrogen-bond donors (Lipinski definition) is 9. The topological polar surface area (TPSA) is 236 Å². The highest BCUT2D eigenvalue weighted by Crippen LogP contribution is 2.20. The molecule has 9 N–H and O–H groups in total. The minimum Gasteiger partial charge on any atom is -0.450 e. The summed E-state index contributed by atoms with van der Waals surface area (Å²) >= 11 is 0. The molecular formula is C118H231N5O10. The van der Waals surface area contributed by atoms with Gasteiger partial charge in [0, 0.05) is 31.7 Å². The number of aliphatic hydroxyl groups is 4. The van der Waals surface area contributed by atoms with Gasteiger partial charge in [-0.2, -0.15) is 0 Å². The largest absolute Gasteiger partial charge is 0.450 e. The second kappa shape index (κ2) is 115. The van der Waals surface area contributed by atoms with Crippen molar-refractivity contribution in [2.75, 3.05) is 33.0 Å². The summed E-state index contributed by atoms with van der Waals surface area (Å²) in [5.74, 6) is 2.26. The van der Waals surface area contributed by atoms with Crippen LogP contribution in [0.5, 0.6) is 0 Å². The first-order valence-electron chi connectivity index (χ1n) is 57.3. The minimum absolute atomic E-state index is 0.0194. The number of aliphatic hydroxyl groups excluding tert-OH is 4. The van der Waals surface area contributed by atoms with Gasteiger partial charge in [-0.1, -0.05) is 454 Å². The molecule has 5 atom stereocenters. The summed E-state index contributed by atoms with van der Waals surface area (Å²) < 4.78 is 5.17. The summed E-state index contributed by atoms with van der Waals surface area (Å²) in [6.07, 6.45) is 112. The van der Waals surface area contributed by atoms with Gasteiger partial charge in [0.25, 0.3) is 0 Å². The van der Waals surface area contributed by atoms with Crippen LogP contribution in [0, 0.1) is 29.6 Å². The van der Waals surface area contributed by atoms with E-state index in [2.05, 4.69) is 157 Å². The van der Waals surface area contributed by atoms with Gasteiger partial charge in [0.1, 0.15) is 0 Å². The van der Waals surface area contributed by atoms with Crippen molar-refractivity contribution in [2.24, 2.45) is 29.6 Å². The van der Waals surface area contributed by atoms with Crippen LogP contribution in [0.25, 0.3) is 0 Å². The number of nitrogens with one attached hydrogen (secondary N) is 5. The lowest BCUT2D eigenvalue weighted by Gasteiger charge is -2.20. The molecule has 0 heterocycles. The summed E-state index contributed by atoms with van der Waals surface area (Å²) in [4.78, 5) is 59.1.